The Morgan fingerprint density at radius 2 is 1.71 bits per heavy atom. The van der Waals surface area contributed by atoms with E-state index in [-0.39, 0.29) is 17.9 Å². The number of nitro groups is 1. The van der Waals surface area contributed by atoms with Crippen molar-refractivity contribution >= 4 is 35.3 Å². The number of nitrogens with zero attached hydrogens (tertiary/aromatic N) is 1. The summed E-state index contributed by atoms with van der Waals surface area (Å²) in [4.78, 5) is 71.5. The fourth-order valence-electron chi connectivity index (χ4n) is 3.22. The van der Waals surface area contributed by atoms with E-state index in [9.17, 15) is 39.2 Å². The van der Waals surface area contributed by atoms with Gasteiger partial charge in [0.05, 0.1) is 30.1 Å². The Labute approximate surface area is 220 Å². The third-order valence-electron chi connectivity index (χ3n) is 5.23. The van der Waals surface area contributed by atoms with Crippen molar-refractivity contribution in [1.82, 2.24) is 16.0 Å². The van der Waals surface area contributed by atoms with Crippen molar-refractivity contribution in [3.05, 3.63) is 33.4 Å². The van der Waals surface area contributed by atoms with Crippen molar-refractivity contribution in [2.24, 2.45) is 11.7 Å². The Hall–Kier alpha value is -4.23. The molecule has 14 heteroatoms. The molecule has 0 heterocycles. The number of ether oxygens (including phenoxy) is 1. The summed E-state index contributed by atoms with van der Waals surface area (Å²) >= 11 is 0. The van der Waals surface area contributed by atoms with Gasteiger partial charge in [0.2, 0.25) is 17.7 Å². The van der Waals surface area contributed by atoms with Crippen LogP contribution in [0.2, 0.25) is 0 Å². The zero-order valence-corrected chi connectivity index (χ0v) is 22.5. The lowest BCUT2D eigenvalue weighted by Gasteiger charge is -2.26. The first kappa shape index (κ1) is 33.8. The standard InChI is InChI=1S/C22H31N5O9.C2H6/c1-5-11(3)18(22(33)24-10-16(23)28)26-21(32)15(9-17(29)30)25-20(31)14-8-13(27(34)35)7-12(4)19(14)36-6-2;1-2/h7-8,11,15,18H,5-6,9-10H2,1-4H3,(H2,23,28)(H,24,33)(H,25,31)(H,26,32)(H,29,30);1-2H3. The highest BCUT2D eigenvalue weighted by atomic mass is 16.6. The number of hydrogen-bond acceptors (Lipinski definition) is 8. The summed E-state index contributed by atoms with van der Waals surface area (Å²) in [7, 11) is 0. The zero-order valence-electron chi connectivity index (χ0n) is 22.5. The Kier molecular flexibility index (Phi) is 14.7. The van der Waals surface area contributed by atoms with Crippen LogP contribution in [-0.4, -0.2) is 64.9 Å². The molecule has 6 N–H and O–H groups in total. The third-order valence-corrected chi connectivity index (χ3v) is 5.23. The van der Waals surface area contributed by atoms with E-state index in [0.29, 0.717) is 12.0 Å². The van der Waals surface area contributed by atoms with Crippen LogP contribution in [0.15, 0.2) is 12.1 Å². The van der Waals surface area contributed by atoms with Gasteiger partial charge in [0.15, 0.2) is 0 Å². The van der Waals surface area contributed by atoms with Gasteiger partial charge in [-0.05, 0) is 25.3 Å². The van der Waals surface area contributed by atoms with Gasteiger partial charge in [-0.15, -0.1) is 0 Å². The molecule has 1 aromatic rings. The van der Waals surface area contributed by atoms with Crippen LogP contribution in [0.4, 0.5) is 5.69 Å². The number of aliphatic carboxylic acids is 1. The number of nitrogens with one attached hydrogen (secondary N) is 3. The molecular weight excluding hydrogens is 502 g/mol. The molecule has 0 aliphatic rings. The molecule has 1 rings (SSSR count). The molecule has 212 valence electrons. The molecule has 0 aliphatic heterocycles. The fourth-order valence-corrected chi connectivity index (χ4v) is 3.22. The number of aryl methyl sites for hydroxylation is 1. The molecule has 0 aliphatic carbocycles. The summed E-state index contributed by atoms with van der Waals surface area (Å²) in [6.45, 7) is 10.2. The van der Waals surface area contributed by atoms with Crippen LogP contribution in [0.5, 0.6) is 5.75 Å². The van der Waals surface area contributed by atoms with Gasteiger partial charge in [-0.1, -0.05) is 34.1 Å². The van der Waals surface area contributed by atoms with E-state index in [1.807, 2.05) is 13.8 Å². The minimum atomic E-state index is -1.64. The molecule has 0 aromatic heterocycles. The van der Waals surface area contributed by atoms with Crippen molar-refractivity contribution in [2.75, 3.05) is 13.2 Å². The Morgan fingerprint density at radius 3 is 2.18 bits per heavy atom. The quantitative estimate of drug-likeness (QED) is 0.168. The summed E-state index contributed by atoms with van der Waals surface area (Å²) in [5.74, 6) is -5.29. The summed E-state index contributed by atoms with van der Waals surface area (Å²) in [5, 5.41) is 27.5. The van der Waals surface area contributed by atoms with Crippen LogP contribution in [0, 0.1) is 23.0 Å². The number of carbonyl (C=O) groups is 5. The van der Waals surface area contributed by atoms with Gasteiger partial charge in [-0.25, -0.2) is 0 Å². The van der Waals surface area contributed by atoms with Crippen molar-refractivity contribution in [3.8, 4) is 5.75 Å². The fraction of sp³-hybridized carbons (Fsp3) is 0.542. The van der Waals surface area contributed by atoms with Gasteiger partial charge in [0, 0.05) is 12.1 Å². The number of benzene rings is 1. The highest BCUT2D eigenvalue weighted by Crippen LogP contribution is 2.29. The number of carbonyl (C=O) groups excluding carboxylic acids is 4. The van der Waals surface area contributed by atoms with E-state index in [1.54, 1.807) is 20.8 Å². The first-order chi connectivity index (χ1) is 17.8. The Morgan fingerprint density at radius 1 is 1.11 bits per heavy atom. The van der Waals surface area contributed by atoms with E-state index in [2.05, 4.69) is 16.0 Å². The van der Waals surface area contributed by atoms with Crippen LogP contribution >= 0.6 is 0 Å². The minimum Gasteiger partial charge on any atom is -0.493 e. The topological polar surface area (TPSA) is 220 Å². The molecule has 0 radical (unpaired) electrons. The van der Waals surface area contributed by atoms with Crippen molar-refractivity contribution < 1.29 is 38.7 Å². The number of amides is 4. The SMILES string of the molecule is CC.CCOc1c(C)cc([N+](=O)[O-])cc1C(=O)NC(CC(=O)O)C(=O)NC(C(=O)NCC(N)=O)C(C)CC. The van der Waals surface area contributed by atoms with Crippen LogP contribution in [0.3, 0.4) is 0 Å². The van der Waals surface area contributed by atoms with Crippen molar-refractivity contribution in [3.63, 3.8) is 0 Å². The summed E-state index contributed by atoms with van der Waals surface area (Å²) in [6.07, 6.45) is -0.402. The molecular formula is C24H37N5O9. The smallest absolute Gasteiger partial charge is 0.305 e. The van der Waals surface area contributed by atoms with E-state index in [1.165, 1.54) is 13.0 Å². The number of carboxylic acid groups (broad SMARTS) is 1. The normalized spacial score (nSPS) is 12.5. The van der Waals surface area contributed by atoms with Gasteiger partial charge < -0.3 is 31.5 Å². The van der Waals surface area contributed by atoms with Gasteiger partial charge in [-0.2, -0.15) is 0 Å². The maximum Gasteiger partial charge on any atom is 0.305 e. The van der Waals surface area contributed by atoms with Crippen molar-refractivity contribution in [2.45, 2.75) is 66.5 Å². The van der Waals surface area contributed by atoms with E-state index in [0.717, 1.165) is 6.07 Å². The number of non-ortho nitro benzene ring substituents is 1. The molecule has 0 fully saturated rings. The summed E-state index contributed by atoms with van der Waals surface area (Å²) in [6, 6.07) is -0.624. The highest BCUT2D eigenvalue weighted by molar-refractivity contribution is 6.02. The number of rotatable bonds is 14. The van der Waals surface area contributed by atoms with Crippen molar-refractivity contribution in [1.29, 1.82) is 0 Å². The molecule has 3 unspecified atom stereocenters. The first-order valence-corrected chi connectivity index (χ1v) is 12.1. The van der Waals surface area contributed by atoms with Gasteiger partial charge in [0.1, 0.15) is 17.8 Å². The second-order valence-corrected chi connectivity index (χ2v) is 8.01. The average molecular weight is 540 g/mol. The van der Waals surface area contributed by atoms with E-state index in [4.69, 9.17) is 10.5 Å². The molecule has 1 aromatic carbocycles. The van der Waals surface area contributed by atoms with Gasteiger partial charge >= 0.3 is 5.97 Å². The van der Waals surface area contributed by atoms with Crippen LogP contribution in [0.25, 0.3) is 0 Å². The number of nitrogens with two attached hydrogens (primary N) is 1. The molecule has 4 amide bonds. The highest BCUT2D eigenvalue weighted by Gasteiger charge is 2.32. The third kappa shape index (κ3) is 10.4. The first-order valence-electron chi connectivity index (χ1n) is 12.1. The molecule has 0 bridgehead atoms. The zero-order chi connectivity index (χ0) is 29.6. The lowest BCUT2D eigenvalue weighted by molar-refractivity contribution is -0.384. The lowest BCUT2D eigenvalue weighted by atomic mass is 9.97. The molecule has 0 saturated heterocycles. The second-order valence-electron chi connectivity index (χ2n) is 8.01. The number of primary amides is 1. The molecule has 0 saturated carbocycles. The second kappa shape index (κ2) is 16.5. The molecule has 3 atom stereocenters. The summed E-state index contributed by atoms with van der Waals surface area (Å²) in [5.41, 5.74) is 4.66. The Bertz CT molecular complexity index is 1030. The van der Waals surface area contributed by atoms with E-state index < -0.39 is 71.2 Å². The van der Waals surface area contributed by atoms with Crippen LogP contribution in [-0.2, 0) is 19.2 Å². The minimum absolute atomic E-state index is 0.0402. The molecule has 14 nitrogen and oxygen atoms in total. The maximum atomic E-state index is 13.0. The van der Waals surface area contributed by atoms with Crippen LogP contribution < -0.4 is 26.4 Å². The van der Waals surface area contributed by atoms with Gasteiger partial charge in [0.25, 0.3) is 11.6 Å². The largest absolute Gasteiger partial charge is 0.493 e. The van der Waals surface area contributed by atoms with E-state index >= 15 is 0 Å². The average Bonchev–Trinajstić information content (AvgIpc) is 2.86. The molecule has 38 heavy (non-hydrogen) atoms. The number of hydrogen-bond donors (Lipinski definition) is 5. The predicted molar refractivity (Wildman–Crippen MR) is 137 cm³/mol. The molecule has 0 spiro atoms. The number of carboxylic acids is 1. The predicted octanol–water partition coefficient (Wildman–Crippen LogP) is 1.03. The number of nitro benzene ring substituents is 1. The monoisotopic (exact) mass is 539 g/mol. The van der Waals surface area contributed by atoms with Crippen LogP contribution in [0.1, 0.15) is 63.4 Å². The summed E-state index contributed by atoms with van der Waals surface area (Å²) < 4.78 is 5.44. The lowest BCUT2D eigenvalue weighted by Crippen LogP contribution is -2.56. The maximum absolute atomic E-state index is 13.0. The van der Waals surface area contributed by atoms with Gasteiger partial charge in [-0.3, -0.25) is 34.1 Å². The Balaban J connectivity index is 0.00000667.